The van der Waals surface area contributed by atoms with Crippen molar-refractivity contribution in [1.82, 2.24) is 0 Å². The van der Waals surface area contributed by atoms with Gasteiger partial charge in [-0.3, -0.25) is 4.46 Å². The first kappa shape index (κ1) is 9.02. The van der Waals surface area contributed by atoms with Crippen molar-refractivity contribution < 1.29 is 36.4 Å². The van der Waals surface area contributed by atoms with Gasteiger partial charge in [0.25, 0.3) is 0 Å². The molecule has 3 nitrogen and oxygen atoms in total. The Bertz CT molecular complexity index is 29.9. The van der Waals surface area contributed by atoms with Crippen molar-refractivity contribution in [3.63, 3.8) is 0 Å². The van der Waals surface area contributed by atoms with Crippen LogP contribution < -0.4 is 0 Å². The number of rotatable bonds is 0. The first-order chi connectivity index (χ1) is 1.73. The molecule has 0 amide bonds. The quantitative estimate of drug-likeness (QED) is 0.523. The van der Waals surface area contributed by atoms with Gasteiger partial charge in [0.2, 0.25) is 0 Å². The number of hydrogen-bond donors (Lipinski definition) is 2. The van der Waals surface area contributed by atoms with Crippen molar-refractivity contribution in [2.24, 2.45) is 0 Å². The molecule has 0 spiro atoms. The van der Waals surface area contributed by atoms with Crippen molar-refractivity contribution >= 4 is 9.17 Å². The van der Waals surface area contributed by atoms with E-state index < -0.39 is 9.17 Å². The molecular weight excluding hydrogens is 273 g/mol. The van der Waals surface area contributed by atoms with Gasteiger partial charge < -0.3 is 9.59 Å². The summed E-state index contributed by atoms with van der Waals surface area (Å²) in [6.45, 7) is 0. The van der Waals surface area contributed by atoms with E-state index in [1.807, 2.05) is 0 Å². The third-order valence-electron chi connectivity index (χ3n) is 0. The Hall–Kier alpha value is 0.357. The van der Waals surface area contributed by atoms with Crippen LogP contribution in [0.4, 0.5) is 0 Å². The van der Waals surface area contributed by atoms with Gasteiger partial charge in [0.05, 0.1) is 0 Å². The molecule has 5 heavy (non-hydrogen) atoms. The average Bonchev–Trinajstić information content (AvgIpc) is 0.811. The van der Waals surface area contributed by atoms with Crippen LogP contribution in [0.25, 0.3) is 0 Å². The summed E-state index contributed by atoms with van der Waals surface area (Å²) in [6.07, 6.45) is 0. The van der Waals surface area contributed by atoms with E-state index in [1.165, 1.54) is 0 Å². The molecule has 0 saturated heterocycles. The molecule has 0 bridgehead atoms. The largest absolute Gasteiger partial charge is 1.00 e. The Morgan fingerprint density at radius 2 is 1.40 bits per heavy atom. The molecule has 5 heteroatoms. The molecule has 0 rings (SSSR count). The van der Waals surface area contributed by atoms with Gasteiger partial charge in [0.15, 0.2) is 0 Å². The van der Waals surface area contributed by atoms with Gasteiger partial charge in [-0.1, -0.05) is 0 Å². The minimum absolute atomic E-state index is 0. The molecular formula is H2AuO3Si+. The molecule has 0 aliphatic rings. The zero-order chi connectivity index (χ0) is 3.58. The Morgan fingerprint density at radius 1 is 1.40 bits per heavy atom. The minimum atomic E-state index is -3.13. The maximum atomic E-state index is 8.74. The molecule has 0 atom stereocenters. The van der Waals surface area contributed by atoms with Crippen LogP contribution in [0.1, 0.15) is 0 Å². The van der Waals surface area contributed by atoms with Crippen LogP contribution in [0, 0.1) is 0 Å². The van der Waals surface area contributed by atoms with Crippen molar-refractivity contribution in [2.45, 2.75) is 0 Å². The first-order valence-electron chi connectivity index (χ1n) is 0.651. The summed E-state index contributed by atoms with van der Waals surface area (Å²) >= 11 is 0. The second-order valence-corrected chi connectivity index (χ2v) is 0.848. The van der Waals surface area contributed by atoms with Crippen LogP contribution >= 0.6 is 0 Å². The van der Waals surface area contributed by atoms with Crippen LogP contribution in [0.5, 0.6) is 0 Å². The fraction of sp³-hybridized carbons (Fsp3) is 0. The molecule has 0 saturated carbocycles. The summed E-state index contributed by atoms with van der Waals surface area (Å²) in [5, 5.41) is 0. The van der Waals surface area contributed by atoms with Gasteiger partial charge in [-0.15, -0.1) is 0 Å². The van der Waals surface area contributed by atoms with Crippen LogP contribution in [-0.2, 0) is 26.8 Å². The van der Waals surface area contributed by atoms with E-state index in [1.54, 1.807) is 0 Å². The zero-order valence-electron chi connectivity index (χ0n) is 2.10. The predicted molar refractivity (Wildman–Crippen MR) is 10.9 cm³/mol. The summed E-state index contributed by atoms with van der Waals surface area (Å²) < 4.78 is 8.74. The van der Waals surface area contributed by atoms with E-state index >= 15 is 0 Å². The SMILES string of the molecule is O=[Si](O)O.[Au+]. The molecule has 34 valence electrons. The van der Waals surface area contributed by atoms with Crippen LogP contribution in [0.15, 0.2) is 0 Å². The van der Waals surface area contributed by atoms with E-state index in [9.17, 15) is 0 Å². The topological polar surface area (TPSA) is 57.5 Å². The van der Waals surface area contributed by atoms with Crippen molar-refractivity contribution in [2.75, 3.05) is 0 Å². The van der Waals surface area contributed by atoms with Crippen LogP contribution in [0.2, 0.25) is 0 Å². The van der Waals surface area contributed by atoms with Crippen molar-refractivity contribution in [1.29, 1.82) is 0 Å². The second kappa shape index (κ2) is 4.36. The molecule has 0 aliphatic heterocycles. The molecule has 0 aliphatic carbocycles. The summed E-state index contributed by atoms with van der Waals surface area (Å²) in [7, 11) is -3.13. The normalized spacial score (nSPS) is 4.80. The summed E-state index contributed by atoms with van der Waals surface area (Å²) in [6, 6.07) is 0. The molecule has 0 aromatic heterocycles. The van der Waals surface area contributed by atoms with E-state index in [2.05, 4.69) is 0 Å². The Kier molecular flexibility index (Phi) is 7.86. The number of hydrogen-bond acceptors (Lipinski definition) is 1. The Morgan fingerprint density at radius 3 is 1.40 bits per heavy atom. The van der Waals surface area contributed by atoms with Gasteiger partial charge in [-0.25, -0.2) is 0 Å². The van der Waals surface area contributed by atoms with Gasteiger partial charge in [-0.05, 0) is 0 Å². The summed E-state index contributed by atoms with van der Waals surface area (Å²) in [4.78, 5) is 14.3. The summed E-state index contributed by atoms with van der Waals surface area (Å²) in [5.74, 6) is 0. The first-order valence-corrected chi connectivity index (χ1v) is 1.95. The monoisotopic (exact) mass is 275 g/mol. The Balaban J connectivity index is 0. The molecule has 0 unspecified atom stereocenters. The average molecular weight is 275 g/mol. The maximum absolute atomic E-state index is 8.74. The van der Waals surface area contributed by atoms with Gasteiger partial charge >= 0.3 is 31.6 Å². The third kappa shape index (κ3) is 190. The van der Waals surface area contributed by atoms with E-state index in [4.69, 9.17) is 14.1 Å². The van der Waals surface area contributed by atoms with Gasteiger partial charge in [0, 0.05) is 0 Å². The Labute approximate surface area is 46.0 Å². The molecule has 0 aromatic carbocycles. The van der Waals surface area contributed by atoms with E-state index in [0.717, 1.165) is 0 Å². The zero-order valence-corrected chi connectivity index (χ0v) is 5.27. The van der Waals surface area contributed by atoms with Gasteiger partial charge in [0.1, 0.15) is 0 Å². The maximum Gasteiger partial charge on any atom is 1.00 e. The van der Waals surface area contributed by atoms with Crippen LogP contribution in [-0.4, -0.2) is 18.8 Å². The van der Waals surface area contributed by atoms with E-state index in [0.29, 0.717) is 0 Å². The third-order valence-corrected chi connectivity index (χ3v) is 0. The second-order valence-electron chi connectivity index (χ2n) is 0.283. The molecule has 0 heterocycles. The molecule has 2 N–H and O–H groups in total. The smallest absolute Gasteiger partial charge is 0.511 e. The fourth-order valence-electron chi connectivity index (χ4n) is 0. The van der Waals surface area contributed by atoms with Gasteiger partial charge in [-0.2, -0.15) is 0 Å². The minimum Gasteiger partial charge on any atom is -0.511 e. The van der Waals surface area contributed by atoms with Crippen molar-refractivity contribution in [3.8, 4) is 0 Å². The molecule has 0 fully saturated rings. The van der Waals surface area contributed by atoms with E-state index in [-0.39, 0.29) is 22.4 Å². The van der Waals surface area contributed by atoms with Crippen LogP contribution in [0.3, 0.4) is 0 Å². The molecule has 0 aromatic rings. The van der Waals surface area contributed by atoms with Crippen molar-refractivity contribution in [3.05, 3.63) is 0 Å². The fourth-order valence-corrected chi connectivity index (χ4v) is 0. The predicted octanol–water partition coefficient (Wildman–Crippen LogP) is -1.62. The molecule has 0 radical (unpaired) electrons. The standard InChI is InChI=1S/Au.H2O3Si/c;1-4(2)3/h;1-2H/q+1;. The summed E-state index contributed by atoms with van der Waals surface area (Å²) in [5.41, 5.74) is 0.